The Morgan fingerprint density at radius 2 is 2.08 bits per heavy atom. The lowest BCUT2D eigenvalue weighted by Gasteiger charge is -2.01. The molecule has 1 rings (SSSR count). The monoisotopic (exact) mass is 232 g/mol. The van der Waals surface area contributed by atoms with Crippen molar-refractivity contribution >= 4 is 21.6 Å². The smallest absolute Gasteiger partial charge is 0.161 e. The van der Waals surface area contributed by atoms with Gasteiger partial charge in [-0.2, -0.15) is 5.26 Å². The lowest BCUT2D eigenvalue weighted by atomic mass is 10.2. The van der Waals surface area contributed by atoms with Gasteiger partial charge in [-0.05, 0) is 22.0 Å². The molecule has 0 spiro atoms. The second kappa shape index (κ2) is 3.07. The maximum atomic E-state index is 12.9. The molecule has 1 aromatic rings. The van der Waals surface area contributed by atoms with Crippen molar-refractivity contribution in [3.63, 3.8) is 0 Å². The topological polar surface area (TPSA) is 49.8 Å². The number of nitrogens with zero attached hydrogens (tertiary/aromatic N) is 1. The number of hydrogen-bond donors (Lipinski definition) is 1. The molecule has 0 saturated heterocycles. The Hall–Kier alpha value is -1.15. The zero-order valence-corrected chi connectivity index (χ0v) is 7.32. The van der Waals surface area contributed by atoms with Gasteiger partial charge in [0.05, 0.1) is 10.2 Å². The summed E-state index contributed by atoms with van der Waals surface area (Å²) in [4.78, 5) is 0. The van der Waals surface area contributed by atoms with Crippen molar-refractivity contribution in [3.05, 3.63) is 27.7 Å². The van der Waals surface area contributed by atoms with E-state index in [4.69, 9.17) is 11.0 Å². The van der Waals surface area contributed by atoms with E-state index in [-0.39, 0.29) is 4.47 Å². The Labute approximate surface area is 75.7 Å². The highest BCUT2D eigenvalue weighted by Gasteiger charge is 2.13. The van der Waals surface area contributed by atoms with Crippen LogP contribution in [0.1, 0.15) is 5.56 Å². The van der Waals surface area contributed by atoms with E-state index in [9.17, 15) is 8.78 Å². The average molecular weight is 233 g/mol. The SMILES string of the molecule is N#Cc1c(F)cc(Br)c(F)c1N. The number of anilines is 1. The normalized spacial score (nSPS) is 9.50. The van der Waals surface area contributed by atoms with Gasteiger partial charge in [0.2, 0.25) is 0 Å². The van der Waals surface area contributed by atoms with E-state index in [1.165, 1.54) is 6.07 Å². The third kappa shape index (κ3) is 1.25. The van der Waals surface area contributed by atoms with Crippen LogP contribution in [0.15, 0.2) is 10.5 Å². The summed E-state index contributed by atoms with van der Waals surface area (Å²) in [6.45, 7) is 0. The first-order valence-electron chi connectivity index (χ1n) is 2.91. The van der Waals surface area contributed by atoms with Crippen molar-refractivity contribution in [2.75, 3.05) is 5.73 Å². The third-order valence-electron chi connectivity index (χ3n) is 1.32. The van der Waals surface area contributed by atoms with E-state index < -0.39 is 22.9 Å². The fourth-order valence-corrected chi connectivity index (χ4v) is 1.14. The van der Waals surface area contributed by atoms with Crippen LogP contribution in [0.4, 0.5) is 14.5 Å². The van der Waals surface area contributed by atoms with E-state index in [1.54, 1.807) is 0 Å². The van der Waals surface area contributed by atoms with Crippen LogP contribution in [0.2, 0.25) is 0 Å². The zero-order chi connectivity index (χ0) is 9.30. The molecule has 0 aliphatic carbocycles. The number of hydrogen-bond acceptors (Lipinski definition) is 2. The van der Waals surface area contributed by atoms with Crippen LogP contribution in [-0.2, 0) is 0 Å². The number of benzene rings is 1. The van der Waals surface area contributed by atoms with Gasteiger partial charge in [0, 0.05) is 0 Å². The molecule has 0 aromatic heterocycles. The Balaban J connectivity index is 3.54. The van der Waals surface area contributed by atoms with Gasteiger partial charge in [-0.3, -0.25) is 0 Å². The van der Waals surface area contributed by atoms with Crippen LogP contribution in [-0.4, -0.2) is 0 Å². The molecule has 1 aromatic carbocycles. The molecule has 0 radical (unpaired) electrons. The summed E-state index contributed by atoms with van der Waals surface area (Å²) in [5.41, 5.74) is 4.20. The van der Waals surface area contributed by atoms with E-state index >= 15 is 0 Å². The molecule has 12 heavy (non-hydrogen) atoms. The van der Waals surface area contributed by atoms with Crippen LogP contribution in [0.3, 0.4) is 0 Å². The average Bonchev–Trinajstić information content (AvgIpc) is 2.01. The molecule has 2 N–H and O–H groups in total. The second-order valence-corrected chi connectivity index (χ2v) is 2.91. The van der Waals surface area contributed by atoms with Gasteiger partial charge in [-0.25, -0.2) is 8.78 Å². The van der Waals surface area contributed by atoms with Gasteiger partial charge in [0.1, 0.15) is 17.4 Å². The number of nitriles is 1. The Kier molecular flexibility index (Phi) is 2.29. The number of halogens is 3. The number of nitrogen functional groups attached to an aromatic ring is 1. The lowest BCUT2D eigenvalue weighted by molar-refractivity contribution is 0.595. The highest BCUT2D eigenvalue weighted by atomic mass is 79.9. The molecule has 0 aliphatic rings. The Bertz CT molecular complexity index is 371. The largest absolute Gasteiger partial charge is 0.395 e. The van der Waals surface area contributed by atoms with Gasteiger partial charge in [-0.15, -0.1) is 0 Å². The predicted octanol–water partition coefficient (Wildman–Crippen LogP) is 2.18. The first-order valence-corrected chi connectivity index (χ1v) is 3.70. The van der Waals surface area contributed by atoms with E-state index in [2.05, 4.69) is 15.9 Å². The first kappa shape index (κ1) is 8.94. The fraction of sp³-hybridized carbons (Fsp3) is 0. The van der Waals surface area contributed by atoms with Gasteiger partial charge >= 0.3 is 0 Å². The molecule has 5 heteroatoms. The molecule has 0 atom stereocenters. The van der Waals surface area contributed by atoms with Crippen molar-refractivity contribution in [3.8, 4) is 6.07 Å². The molecule has 0 amide bonds. The maximum absolute atomic E-state index is 12.9. The Morgan fingerprint density at radius 1 is 1.50 bits per heavy atom. The minimum Gasteiger partial charge on any atom is -0.395 e. The van der Waals surface area contributed by atoms with Crippen molar-refractivity contribution in [1.29, 1.82) is 5.26 Å². The maximum Gasteiger partial charge on any atom is 0.161 e. The first-order chi connectivity index (χ1) is 5.57. The van der Waals surface area contributed by atoms with E-state index in [1.807, 2.05) is 0 Å². The molecular formula is C7H3BrF2N2. The molecule has 62 valence electrons. The zero-order valence-electron chi connectivity index (χ0n) is 5.74. The molecule has 0 unspecified atom stereocenters. The minimum absolute atomic E-state index is 0.0866. The molecular weight excluding hydrogens is 230 g/mol. The molecule has 0 saturated carbocycles. The summed E-state index contributed by atoms with van der Waals surface area (Å²) in [5, 5.41) is 8.36. The summed E-state index contributed by atoms with van der Waals surface area (Å²) in [6, 6.07) is 2.34. The van der Waals surface area contributed by atoms with Crippen molar-refractivity contribution < 1.29 is 8.78 Å². The predicted molar refractivity (Wildman–Crippen MR) is 43.2 cm³/mol. The van der Waals surface area contributed by atoms with Crippen molar-refractivity contribution in [2.45, 2.75) is 0 Å². The summed E-state index contributed by atoms with van der Waals surface area (Å²) >= 11 is 2.76. The summed E-state index contributed by atoms with van der Waals surface area (Å²) in [6.07, 6.45) is 0. The van der Waals surface area contributed by atoms with Crippen LogP contribution in [0.25, 0.3) is 0 Å². The minimum atomic E-state index is -0.830. The second-order valence-electron chi connectivity index (χ2n) is 2.05. The third-order valence-corrected chi connectivity index (χ3v) is 1.90. The lowest BCUT2D eigenvalue weighted by Crippen LogP contribution is -1.99. The van der Waals surface area contributed by atoms with Crippen LogP contribution in [0.5, 0.6) is 0 Å². The molecule has 0 bridgehead atoms. The molecule has 0 heterocycles. The highest BCUT2D eigenvalue weighted by molar-refractivity contribution is 9.10. The quantitative estimate of drug-likeness (QED) is 0.551. The standard InChI is InChI=1S/C7H3BrF2N2/c8-4-1-5(9)3(2-11)7(12)6(4)10/h1H,12H2. The summed E-state index contributed by atoms with van der Waals surface area (Å²) in [5.74, 6) is -1.64. The van der Waals surface area contributed by atoms with Crippen LogP contribution >= 0.6 is 15.9 Å². The van der Waals surface area contributed by atoms with Crippen molar-refractivity contribution in [2.24, 2.45) is 0 Å². The van der Waals surface area contributed by atoms with E-state index in [0.717, 1.165) is 6.07 Å². The fourth-order valence-electron chi connectivity index (χ4n) is 0.727. The van der Waals surface area contributed by atoms with Gasteiger partial charge in [0.15, 0.2) is 5.82 Å². The molecule has 0 aliphatic heterocycles. The molecule has 2 nitrogen and oxygen atoms in total. The van der Waals surface area contributed by atoms with Crippen LogP contribution < -0.4 is 5.73 Å². The van der Waals surface area contributed by atoms with Gasteiger partial charge < -0.3 is 5.73 Å². The number of rotatable bonds is 0. The summed E-state index contributed by atoms with van der Waals surface area (Å²) < 4.78 is 25.6. The van der Waals surface area contributed by atoms with Gasteiger partial charge in [0.25, 0.3) is 0 Å². The van der Waals surface area contributed by atoms with Crippen LogP contribution in [0, 0.1) is 23.0 Å². The molecule has 0 fully saturated rings. The highest BCUT2D eigenvalue weighted by Crippen LogP contribution is 2.26. The van der Waals surface area contributed by atoms with E-state index in [0.29, 0.717) is 0 Å². The van der Waals surface area contributed by atoms with Crippen molar-refractivity contribution in [1.82, 2.24) is 0 Å². The Morgan fingerprint density at radius 3 is 2.58 bits per heavy atom. The van der Waals surface area contributed by atoms with Gasteiger partial charge in [-0.1, -0.05) is 0 Å². The number of nitrogens with two attached hydrogens (primary N) is 1. The summed E-state index contributed by atoms with van der Waals surface area (Å²) in [7, 11) is 0.